The number of hydrogen-bond donors (Lipinski definition) is 3. The molecule has 1 amide bonds. The van der Waals surface area contributed by atoms with Crippen LogP contribution < -0.4 is 11.1 Å². The molecule has 0 saturated heterocycles. The summed E-state index contributed by atoms with van der Waals surface area (Å²) in [5, 5.41) is 4.12. The van der Waals surface area contributed by atoms with Crippen LogP contribution in [0.3, 0.4) is 0 Å². The van der Waals surface area contributed by atoms with Crippen molar-refractivity contribution in [3.8, 4) is 0 Å². The lowest BCUT2D eigenvalue weighted by molar-refractivity contribution is -0.122. The van der Waals surface area contributed by atoms with Crippen molar-refractivity contribution < 1.29 is 4.79 Å². The second-order valence-electron chi connectivity index (χ2n) is 6.05. The minimum Gasteiger partial charge on any atom is -0.361 e. The van der Waals surface area contributed by atoms with Gasteiger partial charge in [0.15, 0.2) is 0 Å². The zero-order valence-electron chi connectivity index (χ0n) is 12.3. The van der Waals surface area contributed by atoms with Crippen molar-refractivity contribution in [1.82, 2.24) is 10.3 Å². The molecule has 1 saturated carbocycles. The molecule has 112 valence electrons. The Labute approximate surface area is 125 Å². The van der Waals surface area contributed by atoms with Gasteiger partial charge in [0.25, 0.3) is 0 Å². The fourth-order valence-electron chi connectivity index (χ4n) is 2.94. The van der Waals surface area contributed by atoms with Gasteiger partial charge in [0.2, 0.25) is 5.91 Å². The van der Waals surface area contributed by atoms with Gasteiger partial charge in [-0.2, -0.15) is 0 Å². The van der Waals surface area contributed by atoms with Crippen molar-refractivity contribution in [3.63, 3.8) is 0 Å². The predicted molar refractivity (Wildman–Crippen MR) is 84.9 cm³/mol. The normalized spacial score (nSPS) is 16.6. The number of carbonyl (C=O) groups is 1. The Balaban J connectivity index is 1.52. The number of aromatic amines is 1. The highest BCUT2D eigenvalue weighted by atomic mass is 16.2. The third kappa shape index (κ3) is 3.27. The average Bonchev–Trinajstić information content (AvgIpc) is 2.85. The van der Waals surface area contributed by atoms with Crippen molar-refractivity contribution in [2.75, 3.05) is 6.54 Å². The molecule has 0 unspecified atom stereocenters. The van der Waals surface area contributed by atoms with Gasteiger partial charge in [-0.05, 0) is 30.4 Å². The maximum absolute atomic E-state index is 12.0. The number of amides is 1. The summed E-state index contributed by atoms with van der Waals surface area (Å²) >= 11 is 0. The van der Waals surface area contributed by atoms with E-state index in [0.29, 0.717) is 6.42 Å². The van der Waals surface area contributed by atoms with Gasteiger partial charge < -0.3 is 16.0 Å². The molecule has 1 aliphatic carbocycles. The van der Waals surface area contributed by atoms with E-state index in [1.807, 2.05) is 24.4 Å². The first kappa shape index (κ1) is 14.1. The number of rotatable bonds is 6. The first-order valence-electron chi connectivity index (χ1n) is 7.82. The average molecular weight is 285 g/mol. The Kier molecular flexibility index (Phi) is 4.25. The van der Waals surface area contributed by atoms with Gasteiger partial charge in [-0.1, -0.05) is 37.5 Å². The van der Waals surface area contributed by atoms with E-state index in [4.69, 9.17) is 5.73 Å². The minimum atomic E-state index is -0.481. The van der Waals surface area contributed by atoms with Crippen molar-refractivity contribution in [1.29, 1.82) is 0 Å². The summed E-state index contributed by atoms with van der Waals surface area (Å²) in [4.78, 5) is 15.3. The Morgan fingerprint density at radius 3 is 2.95 bits per heavy atom. The monoisotopic (exact) mass is 285 g/mol. The third-order valence-corrected chi connectivity index (χ3v) is 4.53. The van der Waals surface area contributed by atoms with Gasteiger partial charge in [-0.3, -0.25) is 4.79 Å². The van der Waals surface area contributed by atoms with Crippen molar-refractivity contribution >= 4 is 16.8 Å². The molecule has 4 heteroatoms. The Morgan fingerprint density at radius 1 is 1.38 bits per heavy atom. The predicted octanol–water partition coefficient (Wildman–Crippen LogP) is 2.34. The number of hydrogen-bond acceptors (Lipinski definition) is 2. The SMILES string of the molecule is N[C@H](Cc1c[nH]c2ccccc12)C(=O)NCCC1CCC1. The molecule has 0 spiro atoms. The highest BCUT2D eigenvalue weighted by Crippen LogP contribution is 2.28. The van der Waals surface area contributed by atoms with Crippen LogP contribution in [-0.2, 0) is 11.2 Å². The lowest BCUT2D eigenvalue weighted by Crippen LogP contribution is -2.42. The van der Waals surface area contributed by atoms with Crippen LogP contribution in [-0.4, -0.2) is 23.5 Å². The number of benzene rings is 1. The summed E-state index contributed by atoms with van der Waals surface area (Å²) in [6.07, 6.45) is 7.59. The van der Waals surface area contributed by atoms with E-state index in [0.717, 1.165) is 35.3 Å². The van der Waals surface area contributed by atoms with Gasteiger partial charge in [0.05, 0.1) is 6.04 Å². The summed E-state index contributed by atoms with van der Waals surface area (Å²) in [6.45, 7) is 0.755. The van der Waals surface area contributed by atoms with Crippen LogP contribution in [0.25, 0.3) is 10.9 Å². The fourth-order valence-corrected chi connectivity index (χ4v) is 2.94. The van der Waals surface area contributed by atoms with Crippen LogP contribution in [0, 0.1) is 5.92 Å². The van der Waals surface area contributed by atoms with Crippen molar-refractivity contribution in [2.45, 2.75) is 38.1 Å². The second kappa shape index (κ2) is 6.31. The molecule has 0 radical (unpaired) electrons. The highest BCUT2D eigenvalue weighted by Gasteiger charge is 2.19. The maximum Gasteiger partial charge on any atom is 0.237 e. The summed E-state index contributed by atoms with van der Waals surface area (Å²) < 4.78 is 0. The molecule has 1 atom stereocenters. The topological polar surface area (TPSA) is 70.9 Å². The first-order chi connectivity index (χ1) is 10.2. The second-order valence-corrected chi connectivity index (χ2v) is 6.05. The molecule has 1 aromatic carbocycles. The third-order valence-electron chi connectivity index (χ3n) is 4.53. The Morgan fingerprint density at radius 2 is 2.19 bits per heavy atom. The lowest BCUT2D eigenvalue weighted by atomic mass is 9.83. The number of para-hydroxylation sites is 1. The standard InChI is InChI=1S/C17H23N3O/c18-15(17(21)19-9-8-12-4-3-5-12)10-13-11-20-16-7-2-1-6-14(13)16/h1-2,6-7,11-12,15,20H,3-5,8-10,18H2,(H,19,21)/t15-/m1/s1. The Hall–Kier alpha value is -1.81. The number of H-pyrrole nitrogens is 1. The lowest BCUT2D eigenvalue weighted by Gasteiger charge is -2.25. The van der Waals surface area contributed by atoms with E-state index < -0.39 is 6.04 Å². The molecule has 2 aromatic rings. The number of carbonyl (C=O) groups excluding carboxylic acids is 1. The van der Waals surface area contributed by atoms with Crippen LogP contribution >= 0.6 is 0 Å². The van der Waals surface area contributed by atoms with Crippen LogP contribution in [0.15, 0.2) is 30.5 Å². The zero-order chi connectivity index (χ0) is 14.7. The van der Waals surface area contributed by atoms with Gasteiger partial charge in [0.1, 0.15) is 0 Å². The smallest absolute Gasteiger partial charge is 0.237 e. The summed E-state index contributed by atoms with van der Waals surface area (Å²) in [5.41, 5.74) is 8.23. The minimum absolute atomic E-state index is 0.0420. The molecule has 0 aliphatic heterocycles. The molecular formula is C17H23N3O. The van der Waals surface area contributed by atoms with Gasteiger partial charge in [-0.25, -0.2) is 0 Å². The molecule has 4 nitrogen and oxygen atoms in total. The number of nitrogens with two attached hydrogens (primary N) is 1. The van der Waals surface area contributed by atoms with Crippen molar-refractivity contribution in [3.05, 3.63) is 36.0 Å². The van der Waals surface area contributed by atoms with Gasteiger partial charge in [-0.15, -0.1) is 0 Å². The quantitative estimate of drug-likeness (QED) is 0.762. The van der Waals surface area contributed by atoms with E-state index in [-0.39, 0.29) is 5.91 Å². The molecular weight excluding hydrogens is 262 g/mol. The number of fused-ring (bicyclic) bond motifs is 1. The molecule has 1 heterocycles. The first-order valence-corrected chi connectivity index (χ1v) is 7.82. The van der Waals surface area contributed by atoms with Gasteiger partial charge in [0, 0.05) is 23.6 Å². The fraction of sp³-hybridized carbons (Fsp3) is 0.471. The summed E-state index contributed by atoms with van der Waals surface area (Å²) in [7, 11) is 0. The molecule has 1 aliphatic rings. The van der Waals surface area contributed by atoms with Crippen LogP contribution in [0.1, 0.15) is 31.2 Å². The zero-order valence-corrected chi connectivity index (χ0v) is 12.3. The van der Waals surface area contributed by atoms with Crippen LogP contribution in [0.2, 0.25) is 0 Å². The largest absolute Gasteiger partial charge is 0.361 e. The van der Waals surface area contributed by atoms with E-state index >= 15 is 0 Å². The summed E-state index contributed by atoms with van der Waals surface area (Å²) in [6, 6.07) is 7.61. The molecule has 0 bridgehead atoms. The summed E-state index contributed by atoms with van der Waals surface area (Å²) in [5.74, 6) is 0.773. The van der Waals surface area contributed by atoms with Crippen molar-refractivity contribution in [2.24, 2.45) is 11.7 Å². The number of aromatic nitrogens is 1. The van der Waals surface area contributed by atoms with Crippen LogP contribution in [0.5, 0.6) is 0 Å². The molecule has 4 N–H and O–H groups in total. The molecule has 1 aromatic heterocycles. The van der Waals surface area contributed by atoms with Crippen LogP contribution in [0.4, 0.5) is 0 Å². The van der Waals surface area contributed by atoms with E-state index in [2.05, 4.69) is 16.4 Å². The van der Waals surface area contributed by atoms with E-state index in [1.165, 1.54) is 19.3 Å². The Bertz CT molecular complexity index is 615. The highest BCUT2D eigenvalue weighted by molar-refractivity contribution is 5.86. The van der Waals surface area contributed by atoms with E-state index in [9.17, 15) is 4.79 Å². The number of nitrogens with one attached hydrogen (secondary N) is 2. The molecule has 1 fully saturated rings. The van der Waals surface area contributed by atoms with E-state index in [1.54, 1.807) is 0 Å². The maximum atomic E-state index is 12.0. The molecule has 21 heavy (non-hydrogen) atoms. The van der Waals surface area contributed by atoms with Gasteiger partial charge >= 0.3 is 0 Å². The molecule has 3 rings (SSSR count).